The van der Waals surface area contributed by atoms with Gasteiger partial charge in [-0.3, -0.25) is 0 Å². The van der Waals surface area contributed by atoms with Gasteiger partial charge in [-0.25, -0.2) is 4.99 Å². The topological polar surface area (TPSA) is 62.8 Å². The van der Waals surface area contributed by atoms with Crippen LogP contribution in [-0.2, 0) is 0 Å². The number of rotatable bonds is 2. The predicted octanol–water partition coefficient (Wildman–Crippen LogP) is 2.82. The van der Waals surface area contributed by atoms with Gasteiger partial charge >= 0.3 is 0 Å². The van der Waals surface area contributed by atoms with Gasteiger partial charge in [0.1, 0.15) is 0 Å². The summed E-state index contributed by atoms with van der Waals surface area (Å²) in [7, 11) is 0. The number of anilines is 1. The van der Waals surface area contributed by atoms with E-state index in [2.05, 4.69) is 15.3 Å². The van der Waals surface area contributed by atoms with Gasteiger partial charge < -0.3 is 11.1 Å². The quantitative estimate of drug-likeness (QED) is 0.506. The molecule has 0 bridgehead atoms. The summed E-state index contributed by atoms with van der Waals surface area (Å²) in [6.45, 7) is 0. The Bertz CT molecular complexity index is 621. The minimum atomic E-state index is 0.113. The normalized spacial score (nSPS) is 11.5. The van der Waals surface area contributed by atoms with Crippen molar-refractivity contribution >= 4 is 35.2 Å². The van der Waals surface area contributed by atoms with Crippen LogP contribution in [0.15, 0.2) is 70.6 Å². The van der Waals surface area contributed by atoms with Crippen LogP contribution in [0.1, 0.15) is 5.56 Å². The Morgan fingerprint density at radius 2 is 1.60 bits per heavy atom. The Morgan fingerprint density at radius 3 is 2.25 bits per heavy atom. The molecule has 0 spiro atoms. The Balaban J connectivity index is 1.96. The first kappa shape index (κ1) is 13.9. The number of aliphatic imine (C=N–C) groups is 2. The summed E-state index contributed by atoms with van der Waals surface area (Å²) in [5, 5.41) is 3.24. The highest BCUT2D eigenvalue weighted by atomic mass is 32.1. The van der Waals surface area contributed by atoms with Crippen LogP contribution in [0.4, 0.5) is 5.69 Å². The Kier molecular flexibility index (Phi) is 4.97. The number of para-hydroxylation sites is 1. The molecule has 0 amide bonds. The highest BCUT2D eigenvalue weighted by molar-refractivity contribution is 7.80. The fraction of sp³-hybridized carbons (Fsp3) is 0. The molecule has 2 rings (SSSR count). The fourth-order valence-electron chi connectivity index (χ4n) is 1.49. The van der Waals surface area contributed by atoms with Crippen molar-refractivity contribution in [2.24, 2.45) is 15.7 Å². The molecule has 0 unspecified atom stereocenters. The van der Waals surface area contributed by atoms with Gasteiger partial charge in [-0.15, -0.1) is 0 Å². The molecular formula is C15H14N4S. The van der Waals surface area contributed by atoms with Crippen molar-refractivity contribution in [3.8, 4) is 0 Å². The molecule has 0 aliphatic rings. The van der Waals surface area contributed by atoms with Crippen LogP contribution in [-0.4, -0.2) is 17.3 Å². The Morgan fingerprint density at radius 1 is 1.00 bits per heavy atom. The highest BCUT2D eigenvalue weighted by Gasteiger charge is 1.96. The van der Waals surface area contributed by atoms with E-state index in [4.69, 9.17) is 18.0 Å². The van der Waals surface area contributed by atoms with Crippen LogP contribution in [0.25, 0.3) is 0 Å². The molecule has 2 aromatic carbocycles. The van der Waals surface area contributed by atoms with E-state index in [1.165, 1.54) is 0 Å². The molecule has 0 aliphatic heterocycles. The lowest BCUT2D eigenvalue weighted by molar-refractivity contribution is 1.47. The number of hydrogen-bond donors (Lipinski definition) is 2. The van der Waals surface area contributed by atoms with Gasteiger partial charge in [-0.2, -0.15) is 4.99 Å². The number of guanidine groups is 1. The summed E-state index contributed by atoms with van der Waals surface area (Å²) in [6.07, 6.45) is 1.64. The van der Waals surface area contributed by atoms with E-state index in [0.717, 1.165) is 11.3 Å². The van der Waals surface area contributed by atoms with E-state index in [9.17, 15) is 0 Å². The second kappa shape index (κ2) is 7.16. The molecule has 20 heavy (non-hydrogen) atoms. The molecular weight excluding hydrogens is 268 g/mol. The number of nitrogens with one attached hydrogen (secondary N) is 1. The van der Waals surface area contributed by atoms with E-state index >= 15 is 0 Å². The third-order valence-electron chi connectivity index (χ3n) is 2.39. The summed E-state index contributed by atoms with van der Waals surface area (Å²) in [6, 6.07) is 19.2. The molecule has 0 aromatic heterocycles. The van der Waals surface area contributed by atoms with E-state index in [0.29, 0.717) is 0 Å². The lowest BCUT2D eigenvalue weighted by atomic mass is 10.2. The Hall–Kier alpha value is -2.53. The van der Waals surface area contributed by atoms with Crippen LogP contribution in [0.5, 0.6) is 0 Å². The van der Waals surface area contributed by atoms with Crippen LogP contribution in [0.2, 0.25) is 0 Å². The van der Waals surface area contributed by atoms with Gasteiger partial charge in [0.05, 0.1) is 0 Å². The van der Waals surface area contributed by atoms with E-state index in [-0.39, 0.29) is 11.1 Å². The maximum atomic E-state index is 5.70. The average molecular weight is 282 g/mol. The van der Waals surface area contributed by atoms with Gasteiger partial charge in [0.2, 0.25) is 11.1 Å². The molecule has 0 heterocycles. The maximum Gasteiger partial charge on any atom is 0.222 e. The Labute approximate surface area is 123 Å². The minimum Gasteiger partial charge on any atom is -0.368 e. The highest BCUT2D eigenvalue weighted by Crippen LogP contribution is 2.05. The first-order valence-electron chi connectivity index (χ1n) is 6.03. The van der Waals surface area contributed by atoms with E-state index in [1.807, 2.05) is 60.7 Å². The number of nitrogens with two attached hydrogens (primary N) is 1. The van der Waals surface area contributed by atoms with Crippen LogP contribution < -0.4 is 11.1 Å². The predicted molar refractivity (Wildman–Crippen MR) is 88.3 cm³/mol. The van der Waals surface area contributed by atoms with Crippen molar-refractivity contribution in [1.29, 1.82) is 0 Å². The molecule has 0 radical (unpaired) electrons. The zero-order valence-corrected chi connectivity index (χ0v) is 11.5. The van der Waals surface area contributed by atoms with Crippen molar-refractivity contribution in [2.45, 2.75) is 0 Å². The molecule has 3 N–H and O–H groups in total. The third-order valence-corrected chi connectivity index (χ3v) is 2.58. The first-order valence-corrected chi connectivity index (χ1v) is 6.44. The molecule has 2 aromatic rings. The van der Waals surface area contributed by atoms with E-state index < -0.39 is 0 Å². The number of hydrogen-bond acceptors (Lipinski definition) is 1. The molecule has 5 heteroatoms. The van der Waals surface area contributed by atoms with Crippen LogP contribution >= 0.6 is 12.2 Å². The second-order valence-corrected chi connectivity index (χ2v) is 4.32. The van der Waals surface area contributed by atoms with Gasteiger partial charge in [0, 0.05) is 11.9 Å². The molecule has 0 saturated heterocycles. The fourth-order valence-corrected chi connectivity index (χ4v) is 1.70. The molecule has 0 aliphatic carbocycles. The molecule has 0 saturated carbocycles. The van der Waals surface area contributed by atoms with Crippen molar-refractivity contribution in [2.75, 3.05) is 5.32 Å². The number of nitrogens with zero attached hydrogens (tertiary/aromatic N) is 2. The molecule has 0 fully saturated rings. The van der Waals surface area contributed by atoms with E-state index in [1.54, 1.807) is 6.21 Å². The largest absolute Gasteiger partial charge is 0.368 e. The SMILES string of the molecule is NC(N=Cc1ccccc1)=NC(=S)Nc1ccccc1. The smallest absolute Gasteiger partial charge is 0.222 e. The summed E-state index contributed by atoms with van der Waals surface area (Å²) >= 11 is 5.09. The lowest BCUT2D eigenvalue weighted by Crippen LogP contribution is -2.15. The van der Waals surface area contributed by atoms with Crippen molar-refractivity contribution < 1.29 is 0 Å². The zero-order valence-electron chi connectivity index (χ0n) is 10.7. The van der Waals surface area contributed by atoms with Crippen LogP contribution in [0.3, 0.4) is 0 Å². The summed E-state index contributed by atoms with van der Waals surface area (Å²) in [4.78, 5) is 8.06. The van der Waals surface area contributed by atoms with Gasteiger partial charge in [0.15, 0.2) is 0 Å². The van der Waals surface area contributed by atoms with Crippen molar-refractivity contribution in [3.05, 3.63) is 66.2 Å². The monoisotopic (exact) mass is 282 g/mol. The minimum absolute atomic E-state index is 0.113. The maximum absolute atomic E-state index is 5.70. The number of benzene rings is 2. The zero-order chi connectivity index (χ0) is 14.2. The van der Waals surface area contributed by atoms with Gasteiger partial charge in [0.25, 0.3) is 0 Å². The molecule has 0 atom stereocenters. The number of thiocarbonyl (C=S) groups is 1. The summed E-state index contributed by atoms with van der Waals surface area (Å²) < 4.78 is 0. The van der Waals surface area contributed by atoms with Crippen LogP contribution in [0, 0.1) is 0 Å². The van der Waals surface area contributed by atoms with Crippen molar-refractivity contribution in [3.63, 3.8) is 0 Å². The summed E-state index contributed by atoms with van der Waals surface area (Å²) in [5.41, 5.74) is 7.51. The molecule has 100 valence electrons. The van der Waals surface area contributed by atoms with Gasteiger partial charge in [-0.1, -0.05) is 48.5 Å². The lowest BCUT2D eigenvalue weighted by Gasteiger charge is -2.02. The third kappa shape index (κ3) is 4.62. The van der Waals surface area contributed by atoms with Gasteiger partial charge in [-0.05, 0) is 29.9 Å². The molecule has 4 nitrogen and oxygen atoms in total. The second-order valence-electron chi connectivity index (χ2n) is 3.94. The first-order chi connectivity index (χ1) is 9.74. The average Bonchev–Trinajstić information content (AvgIpc) is 2.47. The standard InChI is InChI=1S/C15H14N4S/c16-14(17-11-12-7-3-1-4-8-12)19-15(20)18-13-9-5-2-6-10-13/h1-11H,(H3,16,18,19,20). The van der Waals surface area contributed by atoms with Crippen molar-refractivity contribution in [1.82, 2.24) is 0 Å². The summed E-state index contributed by atoms with van der Waals surface area (Å²) in [5.74, 6) is 0.113.